The Morgan fingerprint density at radius 1 is 0.743 bits per heavy atom. The summed E-state index contributed by atoms with van der Waals surface area (Å²) in [6.45, 7) is 1.31. The van der Waals surface area contributed by atoms with Crippen molar-refractivity contribution in [1.29, 1.82) is 0 Å². The smallest absolute Gasteiger partial charge is 0.268 e. The van der Waals surface area contributed by atoms with Crippen LogP contribution >= 0.6 is 0 Å². The van der Waals surface area contributed by atoms with Gasteiger partial charge >= 0.3 is 0 Å². The van der Waals surface area contributed by atoms with Crippen LogP contribution in [0.15, 0.2) is 103 Å². The van der Waals surface area contributed by atoms with Crippen molar-refractivity contribution in [2.45, 2.75) is 25.7 Å². The van der Waals surface area contributed by atoms with Crippen LogP contribution in [0.1, 0.15) is 17.5 Å². The Morgan fingerprint density at radius 3 is 2.00 bits per heavy atom. The Labute approximate surface area is 204 Å². The van der Waals surface area contributed by atoms with E-state index in [1.54, 1.807) is 17.0 Å². The Kier molecular flexibility index (Phi) is 6.89. The van der Waals surface area contributed by atoms with Crippen LogP contribution in [0.2, 0.25) is 0 Å². The van der Waals surface area contributed by atoms with Crippen LogP contribution in [-0.4, -0.2) is 23.5 Å². The molecule has 1 fully saturated rings. The maximum Gasteiger partial charge on any atom is 0.268 e. The number of amides is 1. The number of ether oxygens (including phenoxy) is 3. The number of hydrogen-bond acceptors (Lipinski definition) is 5. The third-order valence-corrected chi connectivity index (χ3v) is 5.74. The lowest BCUT2D eigenvalue weighted by Crippen LogP contribution is -2.32. The first kappa shape index (κ1) is 22.5. The van der Waals surface area contributed by atoms with Gasteiger partial charge in [-0.25, -0.2) is 0 Å². The highest BCUT2D eigenvalue weighted by Gasteiger charge is 2.35. The van der Waals surface area contributed by atoms with Crippen LogP contribution < -0.4 is 19.1 Å². The molecule has 0 saturated carbocycles. The fraction of sp³-hybridized carbons (Fsp3) is 0.172. The summed E-state index contributed by atoms with van der Waals surface area (Å²) in [6, 6.07) is 32.8. The average molecular weight is 467 g/mol. The number of anilines is 1. The van der Waals surface area contributed by atoms with Gasteiger partial charge in [-0.2, -0.15) is 4.98 Å². The summed E-state index contributed by atoms with van der Waals surface area (Å²) in [7, 11) is 0. The second kappa shape index (κ2) is 10.7. The van der Waals surface area contributed by atoms with Crippen molar-refractivity contribution in [2.75, 3.05) is 11.4 Å². The topological polar surface area (TPSA) is 60.9 Å². The first-order chi connectivity index (χ1) is 17.3. The molecule has 1 aromatic heterocycles. The van der Waals surface area contributed by atoms with Crippen molar-refractivity contribution >= 4 is 11.6 Å². The molecule has 2 heterocycles. The quantitative estimate of drug-likeness (QED) is 0.329. The van der Waals surface area contributed by atoms with Gasteiger partial charge in [0.2, 0.25) is 5.88 Å². The van der Waals surface area contributed by atoms with Crippen molar-refractivity contribution in [3.05, 3.63) is 114 Å². The van der Waals surface area contributed by atoms with E-state index in [-0.39, 0.29) is 5.91 Å². The Morgan fingerprint density at radius 2 is 1.34 bits per heavy atom. The maximum atomic E-state index is 13.0. The van der Waals surface area contributed by atoms with E-state index >= 15 is 0 Å². The summed E-state index contributed by atoms with van der Waals surface area (Å²) in [4.78, 5) is 19.3. The number of rotatable bonds is 9. The predicted octanol–water partition coefficient (Wildman–Crippen LogP) is 5.42. The number of nitrogens with zero attached hydrogens (tertiary/aromatic N) is 2. The van der Waals surface area contributed by atoms with Crippen molar-refractivity contribution in [1.82, 2.24) is 4.98 Å². The van der Waals surface area contributed by atoms with Gasteiger partial charge in [-0.3, -0.25) is 4.79 Å². The first-order valence-corrected chi connectivity index (χ1v) is 11.6. The van der Waals surface area contributed by atoms with Gasteiger partial charge in [0.15, 0.2) is 11.9 Å². The SMILES string of the molecule is O=C1[C@@H](Oc2ccc(OCc3ccccc3)nc2OCc2ccccc2)CCN1c1ccccc1. The molecule has 0 spiro atoms. The molecule has 5 rings (SSSR count). The van der Waals surface area contributed by atoms with E-state index in [0.717, 1.165) is 16.8 Å². The highest BCUT2D eigenvalue weighted by Crippen LogP contribution is 2.32. The highest BCUT2D eigenvalue weighted by atomic mass is 16.5. The lowest BCUT2D eigenvalue weighted by atomic mass is 10.2. The van der Waals surface area contributed by atoms with Gasteiger partial charge in [0.25, 0.3) is 11.8 Å². The fourth-order valence-electron chi connectivity index (χ4n) is 3.92. The summed E-state index contributed by atoms with van der Waals surface area (Å²) in [5.74, 6) is 1.06. The van der Waals surface area contributed by atoms with E-state index in [9.17, 15) is 4.79 Å². The third-order valence-electron chi connectivity index (χ3n) is 5.74. The van der Waals surface area contributed by atoms with E-state index in [1.807, 2.05) is 91.0 Å². The molecule has 0 radical (unpaired) electrons. The molecule has 3 aromatic carbocycles. The number of benzene rings is 3. The molecule has 1 saturated heterocycles. The molecular formula is C29H26N2O4. The minimum absolute atomic E-state index is 0.0744. The van der Waals surface area contributed by atoms with Crippen LogP contribution in [-0.2, 0) is 18.0 Å². The molecule has 0 bridgehead atoms. The highest BCUT2D eigenvalue weighted by molar-refractivity contribution is 5.99. The second-order valence-corrected chi connectivity index (χ2v) is 8.22. The summed E-state index contributed by atoms with van der Waals surface area (Å²) in [6.07, 6.45) is -0.0230. The van der Waals surface area contributed by atoms with E-state index < -0.39 is 6.10 Å². The van der Waals surface area contributed by atoms with Gasteiger partial charge < -0.3 is 19.1 Å². The number of para-hydroxylation sites is 1. The van der Waals surface area contributed by atoms with Crippen LogP contribution in [0.4, 0.5) is 5.69 Å². The Hall–Kier alpha value is -4.32. The fourth-order valence-corrected chi connectivity index (χ4v) is 3.92. The molecule has 1 aliphatic heterocycles. The van der Waals surface area contributed by atoms with Crippen LogP contribution in [0, 0.1) is 0 Å². The Bertz CT molecular complexity index is 1250. The monoisotopic (exact) mass is 466 g/mol. The molecule has 35 heavy (non-hydrogen) atoms. The summed E-state index contributed by atoms with van der Waals surface area (Å²) >= 11 is 0. The van der Waals surface area contributed by atoms with Crippen molar-refractivity contribution in [2.24, 2.45) is 0 Å². The van der Waals surface area contributed by atoms with Gasteiger partial charge in [0.1, 0.15) is 13.2 Å². The molecule has 0 N–H and O–H groups in total. The van der Waals surface area contributed by atoms with Crippen molar-refractivity contribution in [3.8, 4) is 17.5 Å². The molecule has 0 aliphatic carbocycles. The van der Waals surface area contributed by atoms with Gasteiger partial charge in [-0.1, -0.05) is 78.9 Å². The van der Waals surface area contributed by atoms with Gasteiger partial charge in [0, 0.05) is 24.7 Å². The lowest BCUT2D eigenvalue weighted by molar-refractivity contribution is -0.122. The lowest BCUT2D eigenvalue weighted by Gasteiger charge is -2.18. The number of carbonyl (C=O) groups excluding carboxylic acids is 1. The second-order valence-electron chi connectivity index (χ2n) is 8.22. The van der Waals surface area contributed by atoms with Crippen LogP contribution in [0.25, 0.3) is 0 Å². The summed E-state index contributed by atoms with van der Waals surface area (Å²) < 4.78 is 18.1. The van der Waals surface area contributed by atoms with Crippen molar-refractivity contribution in [3.63, 3.8) is 0 Å². The zero-order chi connectivity index (χ0) is 23.9. The van der Waals surface area contributed by atoms with E-state index in [4.69, 9.17) is 14.2 Å². The maximum absolute atomic E-state index is 13.0. The number of carbonyl (C=O) groups is 1. The third kappa shape index (κ3) is 5.61. The molecule has 1 atom stereocenters. The molecule has 1 aliphatic rings. The first-order valence-electron chi connectivity index (χ1n) is 11.6. The van der Waals surface area contributed by atoms with Crippen LogP contribution in [0.3, 0.4) is 0 Å². The molecule has 1 amide bonds. The zero-order valence-corrected chi connectivity index (χ0v) is 19.2. The van der Waals surface area contributed by atoms with E-state index in [0.29, 0.717) is 43.7 Å². The predicted molar refractivity (Wildman–Crippen MR) is 134 cm³/mol. The standard InChI is InChI=1S/C29H26N2O4/c32-29-26(18-19-31(29)24-14-8-3-9-15-24)35-25-16-17-27(33-20-22-10-4-1-5-11-22)30-28(25)34-21-23-12-6-2-7-13-23/h1-17,26H,18-21H2/t26-/m0/s1. The largest absolute Gasteiger partial charge is 0.475 e. The minimum Gasteiger partial charge on any atom is -0.475 e. The number of pyridine rings is 1. The number of aromatic nitrogens is 1. The summed E-state index contributed by atoms with van der Waals surface area (Å²) in [5.41, 5.74) is 2.91. The minimum atomic E-state index is -0.604. The van der Waals surface area contributed by atoms with Gasteiger partial charge in [-0.15, -0.1) is 0 Å². The molecule has 6 heteroatoms. The van der Waals surface area contributed by atoms with E-state index in [1.165, 1.54) is 0 Å². The molecule has 6 nitrogen and oxygen atoms in total. The van der Waals surface area contributed by atoms with Crippen LogP contribution in [0.5, 0.6) is 17.5 Å². The van der Waals surface area contributed by atoms with Gasteiger partial charge in [-0.05, 0) is 29.3 Å². The average Bonchev–Trinajstić information content (AvgIpc) is 3.28. The molecule has 0 unspecified atom stereocenters. The zero-order valence-electron chi connectivity index (χ0n) is 19.2. The molecule has 176 valence electrons. The van der Waals surface area contributed by atoms with Crippen molar-refractivity contribution < 1.29 is 19.0 Å². The summed E-state index contributed by atoms with van der Waals surface area (Å²) in [5, 5.41) is 0. The van der Waals surface area contributed by atoms with Gasteiger partial charge in [0.05, 0.1) is 0 Å². The molecular weight excluding hydrogens is 440 g/mol. The Balaban J connectivity index is 1.32. The normalized spacial score (nSPS) is 15.1. The number of hydrogen-bond donors (Lipinski definition) is 0. The molecule has 4 aromatic rings. The van der Waals surface area contributed by atoms with E-state index in [2.05, 4.69) is 4.98 Å².